The molecule has 8 nitrogen and oxygen atoms in total. The zero-order valence-corrected chi connectivity index (χ0v) is 16.3. The highest BCUT2D eigenvalue weighted by molar-refractivity contribution is 5.86. The zero-order valence-electron chi connectivity index (χ0n) is 16.3. The number of fused-ring (bicyclic) bond motifs is 4. The molecule has 5 rings (SSSR count). The van der Waals surface area contributed by atoms with E-state index in [1.54, 1.807) is 23.9 Å². The molecular formula is C19H29N5O3. The lowest BCUT2D eigenvalue weighted by atomic mass is 9.94. The maximum absolute atomic E-state index is 12.8. The van der Waals surface area contributed by atoms with Gasteiger partial charge in [-0.3, -0.25) is 14.5 Å². The molecule has 0 N–H and O–H groups in total. The van der Waals surface area contributed by atoms with E-state index in [1.807, 2.05) is 0 Å². The first kappa shape index (κ1) is 18.4. The summed E-state index contributed by atoms with van der Waals surface area (Å²) in [6, 6.07) is 0.0846. The van der Waals surface area contributed by atoms with Crippen molar-refractivity contribution < 1.29 is 14.1 Å². The average Bonchev–Trinajstić information content (AvgIpc) is 3.25. The fourth-order valence-corrected chi connectivity index (χ4v) is 4.62. The maximum Gasteiger partial charge on any atom is 0.241 e. The van der Waals surface area contributed by atoms with E-state index < -0.39 is 0 Å². The largest absolute Gasteiger partial charge is 0.347 e. The standard InChI is InChI=1S/C19H29N5O3/c1-22(2)17(25)12-24-15-8-7-14(19(24)26)9-23(10-15)11-16-20-18(27-21-16)13-5-3-4-6-13/h13-15H,3-12H2,1-2H3/t14-,15+/m0/s1. The van der Waals surface area contributed by atoms with Gasteiger partial charge in [0.05, 0.1) is 12.5 Å². The van der Waals surface area contributed by atoms with E-state index >= 15 is 0 Å². The first-order valence-electron chi connectivity index (χ1n) is 10.1. The predicted molar refractivity (Wildman–Crippen MR) is 97.7 cm³/mol. The Morgan fingerprint density at radius 2 is 1.93 bits per heavy atom. The molecule has 3 saturated heterocycles. The van der Waals surface area contributed by atoms with Crippen LogP contribution in [0.1, 0.15) is 56.2 Å². The van der Waals surface area contributed by atoms with E-state index in [-0.39, 0.29) is 30.3 Å². The van der Waals surface area contributed by atoms with Crippen molar-refractivity contribution in [2.45, 2.75) is 57.0 Å². The number of hydrogen-bond donors (Lipinski definition) is 0. The van der Waals surface area contributed by atoms with Gasteiger partial charge in [0.1, 0.15) is 6.54 Å². The van der Waals surface area contributed by atoms with Crippen molar-refractivity contribution in [1.82, 2.24) is 24.8 Å². The average molecular weight is 375 g/mol. The van der Waals surface area contributed by atoms with Crippen molar-refractivity contribution in [2.75, 3.05) is 33.7 Å². The van der Waals surface area contributed by atoms with Crippen LogP contribution in [0.15, 0.2) is 4.52 Å². The highest BCUT2D eigenvalue weighted by Gasteiger charge is 2.41. The molecule has 0 unspecified atom stereocenters. The van der Waals surface area contributed by atoms with Gasteiger partial charge in [-0.25, -0.2) is 0 Å². The molecule has 4 heterocycles. The first-order chi connectivity index (χ1) is 13.0. The van der Waals surface area contributed by atoms with Crippen LogP contribution >= 0.6 is 0 Å². The lowest BCUT2D eigenvalue weighted by Gasteiger charge is -2.36. The van der Waals surface area contributed by atoms with Crippen LogP contribution in [0.4, 0.5) is 0 Å². The van der Waals surface area contributed by atoms with E-state index in [2.05, 4.69) is 15.0 Å². The number of rotatable bonds is 5. The summed E-state index contributed by atoms with van der Waals surface area (Å²) < 4.78 is 5.50. The summed E-state index contributed by atoms with van der Waals surface area (Å²) >= 11 is 0. The molecule has 0 aromatic carbocycles. The van der Waals surface area contributed by atoms with Crippen LogP contribution in [0, 0.1) is 5.92 Å². The van der Waals surface area contributed by atoms with Crippen LogP contribution < -0.4 is 0 Å². The highest BCUT2D eigenvalue weighted by Crippen LogP contribution is 2.33. The van der Waals surface area contributed by atoms with Crippen LogP contribution in [0.2, 0.25) is 0 Å². The van der Waals surface area contributed by atoms with Gasteiger partial charge in [0.2, 0.25) is 17.7 Å². The Morgan fingerprint density at radius 1 is 1.15 bits per heavy atom. The molecule has 27 heavy (non-hydrogen) atoms. The number of aromatic nitrogens is 2. The fourth-order valence-electron chi connectivity index (χ4n) is 4.62. The summed E-state index contributed by atoms with van der Waals surface area (Å²) in [5.41, 5.74) is 0. The summed E-state index contributed by atoms with van der Waals surface area (Å²) in [5, 5.41) is 4.18. The Bertz CT molecular complexity index is 697. The third-order valence-electron chi connectivity index (χ3n) is 6.23. The lowest BCUT2D eigenvalue weighted by Crippen LogP contribution is -2.51. The molecule has 1 aliphatic carbocycles. The minimum absolute atomic E-state index is 0.0261. The Balaban J connectivity index is 1.42. The van der Waals surface area contributed by atoms with Gasteiger partial charge in [-0.15, -0.1) is 0 Å². The van der Waals surface area contributed by atoms with E-state index in [1.165, 1.54) is 12.8 Å². The monoisotopic (exact) mass is 375 g/mol. The molecule has 1 aromatic heterocycles. The third-order valence-corrected chi connectivity index (χ3v) is 6.23. The lowest BCUT2D eigenvalue weighted by molar-refractivity contribution is -0.145. The number of nitrogens with zero attached hydrogens (tertiary/aromatic N) is 5. The topological polar surface area (TPSA) is 82.8 Å². The normalized spacial score (nSPS) is 26.6. The van der Waals surface area contributed by atoms with Crippen molar-refractivity contribution in [3.63, 3.8) is 0 Å². The summed E-state index contributed by atoms with van der Waals surface area (Å²) in [4.78, 5) is 35.2. The van der Waals surface area contributed by atoms with Gasteiger partial charge < -0.3 is 14.3 Å². The van der Waals surface area contributed by atoms with Crippen LogP contribution in [-0.2, 0) is 16.1 Å². The third kappa shape index (κ3) is 3.85. The SMILES string of the molecule is CN(C)C(=O)CN1C(=O)[C@H]2CC[C@@H]1CN(Cc1noc(C3CCCC3)n1)C2. The number of carbonyl (C=O) groups is 2. The predicted octanol–water partition coefficient (Wildman–Crippen LogP) is 1.24. The van der Waals surface area contributed by atoms with Crippen LogP contribution in [-0.4, -0.2) is 76.4 Å². The van der Waals surface area contributed by atoms with Crippen molar-refractivity contribution in [2.24, 2.45) is 5.92 Å². The molecule has 2 bridgehead atoms. The fraction of sp³-hybridized carbons (Fsp3) is 0.789. The second-order valence-corrected chi connectivity index (χ2v) is 8.41. The van der Waals surface area contributed by atoms with E-state index in [4.69, 9.17) is 4.52 Å². The number of amides is 2. The molecule has 4 aliphatic rings. The van der Waals surface area contributed by atoms with Gasteiger partial charge >= 0.3 is 0 Å². The van der Waals surface area contributed by atoms with E-state index in [0.29, 0.717) is 24.8 Å². The molecule has 3 aliphatic heterocycles. The van der Waals surface area contributed by atoms with Gasteiger partial charge in [0.25, 0.3) is 0 Å². The van der Waals surface area contributed by atoms with E-state index in [0.717, 1.165) is 38.1 Å². The van der Waals surface area contributed by atoms with Gasteiger partial charge in [-0.1, -0.05) is 18.0 Å². The van der Waals surface area contributed by atoms with Gasteiger partial charge in [0.15, 0.2) is 5.82 Å². The van der Waals surface area contributed by atoms with Crippen LogP contribution in [0.25, 0.3) is 0 Å². The summed E-state index contributed by atoms with van der Waals surface area (Å²) in [6.45, 7) is 2.24. The highest BCUT2D eigenvalue weighted by atomic mass is 16.5. The number of likely N-dealkylation sites (N-methyl/N-ethyl adjacent to an activating group) is 1. The number of piperidine rings is 1. The molecule has 148 valence electrons. The number of hydrogen-bond acceptors (Lipinski definition) is 6. The summed E-state index contributed by atoms with van der Waals surface area (Å²) in [7, 11) is 3.46. The quantitative estimate of drug-likeness (QED) is 0.770. The molecule has 1 saturated carbocycles. The smallest absolute Gasteiger partial charge is 0.241 e. The molecule has 0 radical (unpaired) electrons. The zero-order chi connectivity index (χ0) is 19.0. The molecule has 2 atom stereocenters. The Morgan fingerprint density at radius 3 is 2.67 bits per heavy atom. The van der Waals surface area contributed by atoms with Crippen molar-refractivity contribution >= 4 is 11.8 Å². The molecule has 1 aromatic rings. The Hall–Kier alpha value is -1.96. The second kappa shape index (κ2) is 7.58. The van der Waals surface area contributed by atoms with Crippen molar-refractivity contribution in [3.05, 3.63) is 11.7 Å². The van der Waals surface area contributed by atoms with Crippen molar-refractivity contribution in [1.29, 1.82) is 0 Å². The molecule has 2 amide bonds. The second-order valence-electron chi connectivity index (χ2n) is 8.41. The molecule has 4 fully saturated rings. The Labute approximate surface area is 159 Å². The summed E-state index contributed by atoms with van der Waals surface area (Å²) in [6.07, 6.45) is 6.60. The minimum Gasteiger partial charge on any atom is -0.347 e. The van der Waals surface area contributed by atoms with E-state index in [9.17, 15) is 9.59 Å². The molecular weight excluding hydrogens is 346 g/mol. The molecule has 0 spiro atoms. The van der Waals surface area contributed by atoms with Crippen LogP contribution in [0.5, 0.6) is 0 Å². The first-order valence-corrected chi connectivity index (χ1v) is 10.1. The van der Waals surface area contributed by atoms with Gasteiger partial charge in [0, 0.05) is 39.1 Å². The maximum atomic E-state index is 12.8. The van der Waals surface area contributed by atoms with Crippen molar-refractivity contribution in [3.8, 4) is 0 Å². The molecule has 8 heteroatoms. The van der Waals surface area contributed by atoms with Crippen LogP contribution in [0.3, 0.4) is 0 Å². The van der Waals surface area contributed by atoms with Gasteiger partial charge in [-0.05, 0) is 25.7 Å². The van der Waals surface area contributed by atoms with Gasteiger partial charge in [-0.2, -0.15) is 4.98 Å². The summed E-state index contributed by atoms with van der Waals surface area (Å²) in [5.74, 6) is 1.95. The minimum atomic E-state index is -0.0417. The Kier molecular flexibility index (Phi) is 5.16. The number of carbonyl (C=O) groups excluding carboxylic acids is 2.